The fourth-order valence-electron chi connectivity index (χ4n) is 1.72. The summed E-state index contributed by atoms with van der Waals surface area (Å²) in [6.45, 7) is 0.885. The van der Waals surface area contributed by atoms with E-state index in [1.807, 2.05) is 11.6 Å². The summed E-state index contributed by atoms with van der Waals surface area (Å²) < 4.78 is 52.3. The van der Waals surface area contributed by atoms with Crippen LogP contribution in [0.1, 0.15) is 19.8 Å². The molecule has 0 spiro atoms. The smallest absolute Gasteiger partial charge is 0.279 e. The predicted octanol–water partition coefficient (Wildman–Crippen LogP) is 0.569. The highest BCUT2D eigenvalue weighted by atomic mass is 35.5. The first-order valence-electron chi connectivity index (χ1n) is 5.59. The Bertz CT molecular complexity index is 354. The van der Waals surface area contributed by atoms with Crippen molar-refractivity contribution in [3.8, 4) is 0 Å². The second-order valence-electron chi connectivity index (χ2n) is 4.49. The van der Waals surface area contributed by atoms with Gasteiger partial charge in [-0.3, -0.25) is 0 Å². The van der Waals surface area contributed by atoms with Crippen LogP contribution in [0.25, 0.3) is 0 Å². The quantitative estimate of drug-likeness (QED) is 0.779. The van der Waals surface area contributed by atoms with Gasteiger partial charge in [0.25, 0.3) is 16.1 Å². The Morgan fingerprint density at radius 1 is 1.50 bits per heavy atom. The van der Waals surface area contributed by atoms with E-state index in [-0.39, 0.29) is 18.3 Å². The number of nitrogens with zero attached hydrogens (tertiary/aromatic N) is 1. The molecule has 18 heavy (non-hydrogen) atoms. The maximum Gasteiger partial charge on any atom is 0.279 e. The van der Waals surface area contributed by atoms with Crippen LogP contribution in [0.15, 0.2) is 0 Å². The fraction of sp³-hybridized carbons (Fsp3) is 1.00. The topological polar surface area (TPSA) is 75.4 Å². The van der Waals surface area contributed by atoms with Crippen molar-refractivity contribution in [1.82, 2.24) is 9.03 Å². The van der Waals surface area contributed by atoms with Crippen LogP contribution in [-0.2, 0) is 10.2 Å². The van der Waals surface area contributed by atoms with Gasteiger partial charge in [0.15, 0.2) is 0 Å². The number of nitrogens with two attached hydrogens (primary N) is 1. The van der Waals surface area contributed by atoms with Crippen LogP contribution in [0.2, 0.25) is 0 Å². The number of nitrogens with one attached hydrogen (secondary N) is 1. The van der Waals surface area contributed by atoms with Crippen LogP contribution in [0, 0.1) is 5.92 Å². The molecule has 0 aliphatic carbocycles. The Hall–Kier alpha value is -0.0200. The number of alkyl halides is 2. The Kier molecular flexibility index (Phi) is 6.94. The third-order valence-corrected chi connectivity index (χ3v) is 4.29. The lowest BCUT2D eigenvalue weighted by Gasteiger charge is -2.30. The Labute approximate surface area is 113 Å². The molecular weight excluding hydrogens is 288 g/mol. The van der Waals surface area contributed by atoms with Crippen molar-refractivity contribution in [1.29, 1.82) is 0 Å². The van der Waals surface area contributed by atoms with Crippen LogP contribution in [0.4, 0.5) is 8.78 Å². The first-order chi connectivity index (χ1) is 7.77. The molecule has 5 nitrogen and oxygen atoms in total. The number of rotatable bonds is 5. The molecule has 1 saturated heterocycles. The molecule has 1 rings (SSSR count). The van der Waals surface area contributed by atoms with Crippen molar-refractivity contribution in [2.24, 2.45) is 11.7 Å². The molecule has 1 atom stereocenters. The lowest BCUT2D eigenvalue weighted by molar-refractivity contribution is 0.0166. The largest absolute Gasteiger partial charge is 0.325 e. The van der Waals surface area contributed by atoms with Crippen molar-refractivity contribution < 1.29 is 17.2 Å². The molecular formula is C9H20ClF2N3O2S. The van der Waals surface area contributed by atoms with Gasteiger partial charge >= 0.3 is 0 Å². The van der Waals surface area contributed by atoms with Crippen molar-refractivity contribution in [3.63, 3.8) is 0 Å². The normalized spacial score (nSPS) is 22.6. The molecule has 0 aromatic heterocycles. The van der Waals surface area contributed by atoms with E-state index in [0.29, 0.717) is 13.1 Å². The van der Waals surface area contributed by atoms with E-state index in [4.69, 9.17) is 5.73 Å². The van der Waals surface area contributed by atoms with Gasteiger partial charge in [-0.1, -0.05) is 6.92 Å². The molecule has 1 heterocycles. The molecule has 3 N–H and O–H groups in total. The molecule has 9 heteroatoms. The summed E-state index contributed by atoms with van der Waals surface area (Å²) in [6, 6.07) is 0. The maximum atomic E-state index is 12.9. The lowest BCUT2D eigenvalue weighted by atomic mass is 10.0. The van der Waals surface area contributed by atoms with Crippen molar-refractivity contribution in [2.45, 2.75) is 25.7 Å². The van der Waals surface area contributed by atoms with E-state index in [9.17, 15) is 17.2 Å². The van der Waals surface area contributed by atoms with Crippen molar-refractivity contribution in [2.75, 3.05) is 26.2 Å². The Morgan fingerprint density at radius 3 is 2.61 bits per heavy atom. The number of piperidine rings is 1. The van der Waals surface area contributed by atoms with Gasteiger partial charge in [0.05, 0.1) is 13.1 Å². The zero-order chi connectivity index (χ0) is 13.1. The Morgan fingerprint density at radius 2 is 2.11 bits per heavy atom. The van der Waals surface area contributed by atoms with Crippen LogP contribution in [0.5, 0.6) is 0 Å². The van der Waals surface area contributed by atoms with Crippen molar-refractivity contribution >= 4 is 22.6 Å². The zero-order valence-corrected chi connectivity index (χ0v) is 11.9. The molecule has 0 amide bonds. The first kappa shape index (κ1) is 18.0. The van der Waals surface area contributed by atoms with E-state index < -0.39 is 29.2 Å². The number of hydrogen-bond donors (Lipinski definition) is 2. The second kappa shape index (κ2) is 6.95. The van der Waals surface area contributed by atoms with E-state index >= 15 is 0 Å². The molecule has 1 unspecified atom stereocenters. The fourth-order valence-corrected chi connectivity index (χ4v) is 3.12. The molecule has 0 aromatic rings. The summed E-state index contributed by atoms with van der Waals surface area (Å²) in [5.74, 6) is -2.94. The van der Waals surface area contributed by atoms with Crippen LogP contribution < -0.4 is 10.5 Å². The van der Waals surface area contributed by atoms with E-state index in [1.165, 1.54) is 4.31 Å². The molecule has 0 saturated carbocycles. The maximum absolute atomic E-state index is 12.9. The van der Waals surface area contributed by atoms with Gasteiger partial charge in [0, 0.05) is 13.1 Å². The van der Waals surface area contributed by atoms with Crippen LogP contribution in [-0.4, -0.2) is 44.8 Å². The summed E-state index contributed by atoms with van der Waals surface area (Å²) in [5, 5.41) is 0. The number of halogens is 3. The highest BCUT2D eigenvalue weighted by Gasteiger charge is 2.32. The first-order valence-corrected chi connectivity index (χ1v) is 7.03. The van der Waals surface area contributed by atoms with Gasteiger partial charge in [-0.25, -0.2) is 8.78 Å². The predicted molar refractivity (Wildman–Crippen MR) is 68.1 cm³/mol. The van der Waals surface area contributed by atoms with E-state index in [0.717, 1.165) is 12.8 Å². The molecule has 1 aliphatic rings. The van der Waals surface area contributed by atoms with Crippen LogP contribution in [0.3, 0.4) is 0 Å². The molecule has 1 fully saturated rings. The number of hydrogen-bond acceptors (Lipinski definition) is 3. The lowest BCUT2D eigenvalue weighted by Crippen LogP contribution is -2.49. The standard InChI is InChI=1S/C9H19F2N3O2S.ClH/c1-8-3-2-4-14(5-8)17(15,16)13-7-9(10,11)6-12;/h8,13H,2-7,12H2,1H3;1H. The van der Waals surface area contributed by atoms with Crippen molar-refractivity contribution in [3.05, 3.63) is 0 Å². The van der Waals surface area contributed by atoms with Gasteiger partial charge < -0.3 is 5.73 Å². The van der Waals surface area contributed by atoms with Crippen LogP contribution >= 0.6 is 12.4 Å². The molecule has 1 aliphatic heterocycles. The summed E-state index contributed by atoms with van der Waals surface area (Å²) in [5.41, 5.74) is 4.84. The molecule has 0 bridgehead atoms. The SMILES string of the molecule is CC1CCCN(S(=O)(=O)NCC(F)(F)CN)C1.Cl. The molecule has 0 radical (unpaired) electrons. The average Bonchev–Trinajstić information content (AvgIpc) is 2.27. The molecule has 110 valence electrons. The summed E-state index contributed by atoms with van der Waals surface area (Å²) in [6.07, 6.45) is 1.72. The third-order valence-electron chi connectivity index (χ3n) is 2.77. The Balaban J connectivity index is 0.00000289. The minimum absolute atomic E-state index is 0. The van der Waals surface area contributed by atoms with E-state index in [2.05, 4.69) is 0 Å². The average molecular weight is 308 g/mol. The summed E-state index contributed by atoms with van der Waals surface area (Å²) >= 11 is 0. The monoisotopic (exact) mass is 307 g/mol. The van der Waals surface area contributed by atoms with Gasteiger partial charge in [-0.15, -0.1) is 12.4 Å². The zero-order valence-electron chi connectivity index (χ0n) is 10.2. The second-order valence-corrected chi connectivity index (χ2v) is 6.25. The van der Waals surface area contributed by atoms with Gasteiger partial charge in [-0.05, 0) is 18.8 Å². The van der Waals surface area contributed by atoms with Gasteiger partial charge in [-0.2, -0.15) is 17.4 Å². The molecule has 0 aromatic carbocycles. The van der Waals surface area contributed by atoms with Gasteiger partial charge in [0.2, 0.25) is 0 Å². The minimum Gasteiger partial charge on any atom is -0.325 e. The van der Waals surface area contributed by atoms with E-state index in [1.54, 1.807) is 0 Å². The minimum atomic E-state index is -3.81. The highest BCUT2D eigenvalue weighted by molar-refractivity contribution is 7.87. The highest BCUT2D eigenvalue weighted by Crippen LogP contribution is 2.18. The van der Waals surface area contributed by atoms with Gasteiger partial charge in [0.1, 0.15) is 0 Å². The third kappa shape index (κ3) is 5.31. The summed E-state index contributed by atoms with van der Waals surface area (Å²) in [7, 11) is -3.81. The summed E-state index contributed by atoms with van der Waals surface area (Å²) in [4.78, 5) is 0.